The highest BCUT2D eigenvalue weighted by molar-refractivity contribution is 6.00. The van der Waals surface area contributed by atoms with E-state index in [2.05, 4.69) is 5.32 Å². The molecule has 2 aromatic carbocycles. The van der Waals surface area contributed by atoms with Gasteiger partial charge in [-0.05, 0) is 56.0 Å². The largest absolute Gasteiger partial charge is 0.462 e. The molecule has 1 saturated heterocycles. The van der Waals surface area contributed by atoms with Crippen LogP contribution in [0.1, 0.15) is 41.3 Å². The van der Waals surface area contributed by atoms with Gasteiger partial charge in [-0.2, -0.15) is 0 Å². The molecule has 5 heteroatoms. The molecule has 27 heavy (non-hydrogen) atoms. The van der Waals surface area contributed by atoms with E-state index in [9.17, 15) is 9.59 Å². The van der Waals surface area contributed by atoms with Gasteiger partial charge in [-0.1, -0.05) is 30.3 Å². The van der Waals surface area contributed by atoms with Crippen LogP contribution in [0.2, 0.25) is 0 Å². The smallest absolute Gasteiger partial charge is 0.338 e. The third-order valence-corrected chi connectivity index (χ3v) is 5.09. The molecule has 0 spiro atoms. The Morgan fingerprint density at radius 3 is 2.44 bits per heavy atom. The van der Waals surface area contributed by atoms with Crippen molar-refractivity contribution in [2.45, 2.75) is 32.1 Å². The Morgan fingerprint density at radius 2 is 1.81 bits per heavy atom. The molecule has 5 nitrogen and oxygen atoms in total. The number of hydrogen-bond donors (Lipinski definition) is 1. The van der Waals surface area contributed by atoms with Gasteiger partial charge in [0.1, 0.15) is 0 Å². The van der Waals surface area contributed by atoms with Crippen molar-refractivity contribution in [3.63, 3.8) is 0 Å². The predicted octanol–water partition coefficient (Wildman–Crippen LogP) is 3.86. The molecule has 0 aliphatic carbocycles. The second-order valence-corrected chi connectivity index (χ2v) is 6.76. The lowest BCUT2D eigenvalue weighted by Crippen LogP contribution is -2.44. The van der Waals surface area contributed by atoms with Crippen molar-refractivity contribution in [3.8, 4) is 0 Å². The van der Waals surface area contributed by atoms with Crippen molar-refractivity contribution in [2.24, 2.45) is 0 Å². The Morgan fingerprint density at radius 1 is 1.11 bits per heavy atom. The summed E-state index contributed by atoms with van der Waals surface area (Å²) in [6.45, 7) is 5.10. The molecule has 0 unspecified atom stereocenters. The average Bonchev–Trinajstić information content (AvgIpc) is 2.70. The van der Waals surface area contributed by atoms with E-state index in [1.807, 2.05) is 37.3 Å². The number of carbonyl (C=O) groups excluding carboxylic acids is 2. The van der Waals surface area contributed by atoms with E-state index < -0.39 is 5.41 Å². The fourth-order valence-corrected chi connectivity index (χ4v) is 3.51. The first-order valence-electron chi connectivity index (χ1n) is 9.29. The van der Waals surface area contributed by atoms with Crippen LogP contribution in [0, 0.1) is 6.92 Å². The molecule has 142 valence electrons. The normalized spacial score (nSPS) is 15.8. The summed E-state index contributed by atoms with van der Waals surface area (Å²) in [5, 5.41) is 3.07. The van der Waals surface area contributed by atoms with Gasteiger partial charge in [-0.25, -0.2) is 4.79 Å². The minimum absolute atomic E-state index is 0.0380. The fourth-order valence-electron chi connectivity index (χ4n) is 3.51. The molecule has 0 atom stereocenters. The quantitative estimate of drug-likeness (QED) is 0.815. The highest BCUT2D eigenvalue weighted by Crippen LogP contribution is 2.36. The fraction of sp³-hybridized carbons (Fsp3) is 0.364. The number of amides is 1. The first-order valence-corrected chi connectivity index (χ1v) is 9.29. The Hall–Kier alpha value is -2.66. The maximum absolute atomic E-state index is 13.3. The van der Waals surface area contributed by atoms with Gasteiger partial charge in [0.2, 0.25) is 5.91 Å². The summed E-state index contributed by atoms with van der Waals surface area (Å²) in [6, 6.07) is 15.1. The van der Waals surface area contributed by atoms with Gasteiger partial charge in [0, 0.05) is 18.9 Å². The number of aryl methyl sites for hydroxylation is 1. The van der Waals surface area contributed by atoms with Gasteiger partial charge in [0.05, 0.1) is 17.6 Å². The number of benzene rings is 2. The lowest BCUT2D eigenvalue weighted by molar-refractivity contribution is -0.125. The Balaban J connectivity index is 1.85. The van der Waals surface area contributed by atoms with Crippen molar-refractivity contribution >= 4 is 17.6 Å². The number of rotatable bonds is 5. The standard InChI is InChI=1S/C22H25NO4/c1-3-27-20(24)17-9-10-19(16(2)15-17)23-21(25)22(11-13-26-14-12-22)18-7-5-4-6-8-18/h4-10,15H,3,11-14H2,1-2H3,(H,23,25). The van der Waals surface area contributed by atoms with E-state index in [0.29, 0.717) is 43.9 Å². The maximum Gasteiger partial charge on any atom is 0.338 e. The van der Waals surface area contributed by atoms with Gasteiger partial charge in [-0.3, -0.25) is 4.79 Å². The maximum atomic E-state index is 13.3. The second kappa shape index (κ2) is 8.35. The van der Waals surface area contributed by atoms with Gasteiger partial charge in [-0.15, -0.1) is 0 Å². The molecule has 0 saturated carbocycles. The third-order valence-electron chi connectivity index (χ3n) is 5.09. The average molecular weight is 367 g/mol. The van der Waals surface area contributed by atoms with Crippen LogP contribution < -0.4 is 5.32 Å². The molecule has 0 radical (unpaired) electrons. The lowest BCUT2D eigenvalue weighted by atomic mass is 9.73. The van der Waals surface area contributed by atoms with Crippen LogP contribution in [0.15, 0.2) is 48.5 Å². The number of carbonyl (C=O) groups is 2. The molecule has 1 N–H and O–H groups in total. The number of esters is 1. The molecule has 1 amide bonds. The van der Waals surface area contributed by atoms with Crippen LogP contribution in [0.3, 0.4) is 0 Å². The molecular formula is C22H25NO4. The summed E-state index contributed by atoms with van der Waals surface area (Å²) in [5.41, 5.74) is 2.41. The van der Waals surface area contributed by atoms with Crippen molar-refractivity contribution in [2.75, 3.05) is 25.1 Å². The zero-order valence-corrected chi connectivity index (χ0v) is 15.8. The monoisotopic (exact) mass is 367 g/mol. The third kappa shape index (κ3) is 4.03. The van der Waals surface area contributed by atoms with Crippen molar-refractivity contribution in [1.29, 1.82) is 0 Å². The molecule has 0 aromatic heterocycles. The van der Waals surface area contributed by atoms with Gasteiger partial charge in [0.15, 0.2) is 0 Å². The first-order chi connectivity index (χ1) is 13.1. The van der Waals surface area contributed by atoms with Gasteiger partial charge < -0.3 is 14.8 Å². The lowest BCUT2D eigenvalue weighted by Gasteiger charge is -2.36. The number of nitrogens with one attached hydrogen (secondary N) is 1. The molecule has 2 aromatic rings. The van der Waals surface area contributed by atoms with Crippen LogP contribution >= 0.6 is 0 Å². The topological polar surface area (TPSA) is 64.6 Å². The SMILES string of the molecule is CCOC(=O)c1ccc(NC(=O)C2(c3ccccc3)CCOCC2)c(C)c1. The van der Waals surface area contributed by atoms with E-state index >= 15 is 0 Å². The zero-order valence-electron chi connectivity index (χ0n) is 15.8. The number of hydrogen-bond acceptors (Lipinski definition) is 4. The highest BCUT2D eigenvalue weighted by atomic mass is 16.5. The van der Waals surface area contributed by atoms with Crippen LogP contribution in [-0.4, -0.2) is 31.7 Å². The Kier molecular flexibility index (Phi) is 5.91. The summed E-state index contributed by atoms with van der Waals surface area (Å²) < 4.78 is 10.5. The predicted molar refractivity (Wildman–Crippen MR) is 104 cm³/mol. The van der Waals surface area contributed by atoms with Crippen LogP contribution in [0.4, 0.5) is 5.69 Å². The van der Waals surface area contributed by atoms with E-state index in [1.54, 1.807) is 25.1 Å². The van der Waals surface area contributed by atoms with Crippen LogP contribution in [0.5, 0.6) is 0 Å². The molecular weight excluding hydrogens is 342 g/mol. The molecule has 0 bridgehead atoms. The molecule has 1 fully saturated rings. The minimum Gasteiger partial charge on any atom is -0.462 e. The first kappa shape index (κ1) is 19.1. The van der Waals surface area contributed by atoms with Crippen molar-refractivity contribution < 1.29 is 19.1 Å². The van der Waals surface area contributed by atoms with Crippen LogP contribution in [-0.2, 0) is 19.7 Å². The van der Waals surface area contributed by atoms with E-state index in [0.717, 1.165) is 11.1 Å². The zero-order chi connectivity index (χ0) is 19.3. The summed E-state index contributed by atoms with van der Waals surface area (Å²) in [7, 11) is 0. The van der Waals surface area contributed by atoms with E-state index in [4.69, 9.17) is 9.47 Å². The number of anilines is 1. The number of ether oxygens (including phenoxy) is 2. The summed E-state index contributed by atoms with van der Waals surface area (Å²) >= 11 is 0. The van der Waals surface area contributed by atoms with Crippen molar-refractivity contribution in [3.05, 3.63) is 65.2 Å². The van der Waals surface area contributed by atoms with Gasteiger partial charge in [0.25, 0.3) is 0 Å². The Labute approximate surface area is 159 Å². The minimum atomic E-state index is -0.605. The molecule has 1 aliphatic heterocycles. The van der Waals surface area contributed by atoms with E-state index in [-0.39, 0.29) is 11.9 Å². The summed E-state index contributed by atoms with van der Waals surface area (Å²) in [5.74, 6) is -0.396. The van der Waals surface area contributed by atoms with Crippen molar-refractivity contribution in [1.82, 2.24) is 0 Å². The second-order valence-electron chi connectivity index (χ2n) is 6.76. The van der Waals surface area contributed by atoms with E-state index in [1.165, 1.54) is 0 Å². The molecule has 1 heterocycles. The van der Waals surface area contributed by atoms with Crippen LogP contribution in [0.25, 0.3) is 0 Å². The molecule has 1 aliphatic rings. The summed E-state index contributed by atoms with van der Waals surface area (Å²) in [4.78, 5) is 25.2. The Bertz CT molecular complexity index is 810. The molecule has 3 rings (SSSR count). The van der Waals surface area contributed by atoms with Gasteiger partial charge >= 0.3 is 5.97 Å². The highest BCUT2D eigenvalue weighted by Gasteiger charge is 2.41. The summed E-state index contributed by atoms with van der Waals surface area (Å²) in [6.07, 6.45) is 1.28.